The lowest BCUT2D eigenvalue weighted by Crippen LogP contribution is -1.88. The maximum atomic E-state index is 5.65. The van der Waals surface area contributed by atoms with E-state index in [1.54, 1.807) is 0 Å². The first-order valence-corrected chi connectivity index (χ1v) is 5.41. The Labute approximate surface area is 95.3 Å². The van der Waals surface area contributed by atoms with E-state index in [1.807, 2.05) is 19.1 Å². The molecule has 2 N–H and O–H groups in total. The van der Waals surface area contributed by atoms with E-state index in [0.717, 1.165) is 16.9 Å². The molecular weight excluding hydrogens is 200 g/mol. The summed E-state index contributed by atoms with van der Waals surface area (Å²) < 4.78 is 5.21. The summed E-state index contributed by atoms with van der Waals surface area (Å²) in [5.74, 6) is 1.76. The van der Waals surface area contributed by atoms with Crippen molar-refractivity contribution in [2.45, 2.75) is 26.7 Å². The van der Waals surface area contributed by atoms with Crippen molar-refractivity contribution in [2.75, 3.05) is 5.73 Å². The number of nitrogens with zero attached hydrogens (tertiary/aromatic N) is 1. The van der Waals surface area contributed by atoms with Gasteiger partial charge in [0.1, 0.15) is 0 Å². The Morgan fingerprint density at radius 3 is 2.25 bits per heavy atom. The van der Waals surface area contributed by atoms with E-state index < -0.39 is 0 Å². The molecule has 0 unspecified atom stereocenters. The van der Waals surface area contributed by atoms with Crippen LogP contribution in [0.25, 0.3) is 11.3 Å². The Morgan fingerprint density at radius 1 is 1.19 bits per heavy atom. The first kappa shape index (κ1) is 10.7. The summed E-state index contributed by atoms with van der Waals surface area (Å²) in [5.41, 5.74) is 8.88. The molecule has 0 aliphatic carbocycles. The number of rotatable bonds is 2. The zero-order valence-electron chi connectivity index (χ0n) is 9.82. The molecule has 0 fully saturated rings. The van der Waals surface area contributed by atoms with Crippen LogP contribution in [0.5, 0.6) is 0 Å². The van der Waals surface area contributed by atoms with Gasteiger partial charge in [-0.15, -0.1) is 0 Å². The van der Waals surface area contributed by atoms with Gasteiger partial charge in [-0.05, 0) is 18.4 Å². The standard InChI is InChI=1S/C13H16N2O/c1-8(2)10-4-6-11(7-5-10)12-9(3)13(14)15-16-12/h4-8H,1-3H3,(H2,14,15). The molecular formula is C13H16N2O. The van der Waals surface area contributed by atoms with Crippen LogP contribution in [0.4, 0.5) is 5.82 Å². The predicted molar refractivity (Wildman–Crippen MR) is 65.2 cm³/mol. The van der Waals surface area contributed by atoms with Gasteiger partial charge in [-0.2, -0.15) is 0 Å². The van der Waals surface area contributed by atoms with Gasteiger partial charge in [-0.3, -0.25) is 0 Å². The molecule has 1 aromatic carbocycles. The molecule has 3 nitrogen and oxygen atoms in total. The molecule has 0 spiro atoms. The molecule has 16 heavy (non-hydrogen) atoms. The third kappa shape index (κ3) is 1.81. The molecule has 0 aliphatic heterocycles. The van der Waals surface area contributed by atoms with Crippen LogP contribution in [0, 0.1) is 6.92 Å². The third-order valence-electron chi connectivity index (χ3n) is 2.80. The van der Waals surface area contributed by atoms with E-state index >= 15 is 0 Å². The van der Waals surface area contributed by atoms with E-state index in [0.29, 0.717) is 11.7 Å². The lowest BCUT2D eigenvalue weighted by atomic mass is 10.0. The fraction of sp³-hybridized carbons (Fsp3) is 0.308. The molecule has 2 aromatic rings. The Hall–Kier alpha value is -1.77. The molecule has 3 heteroatoms. The Bertz CT molecular complexity index is 483. The van der Waals surface area contributed by atoms with Gasteiger partial charge >= 0.3 is 0 Å². The van der Waals surface area contributed by atoms with Crippen LogP contribution in [-0.2, 0) is 0 Å². The monoisotopic (exact) mass is 216 g/mol. The SMILES string of the molecule is Cc1c(N)noc1-c1ccc(C(C)C)cc1. The summed E-state index contributed by atoms with van der Waals surface area (Å²) in [6, 6.07) is 8.31. The normalized spacial score (nSPS) is 11.0. The minimum atomic E-state index is 0.461. The summed E-state index contributed by atoms with van der Waals surface area (Å²) >= 11 is 0. The maximum absolute atomic E-state index is 5.65. The van der Waals surface area contributed by atoms with Crippen LogP contribution in [0.15, 0.2) is 28.8 Å². The maximum Gasteiger partial charge on any atom is 0.171 e. The Morgan fingerprint density at radius 2 is 1.81 bits per heavy atom. The number of nitrogens with two attached hydrogens (primary N) is 1. The van der Waals surface area contributed by atoms with Crippen LogP contribution in [-0.4, -0.2) is 5.16 Å². The molecule has 0 saturated heterocycles. The topological polar surface area (TPSA) is 52.0 Å². The lowest BCUT2D eigenvalue weighted by molar-refractivity contribution is 0.435. The second kappa shape index (κ2) is 4.00. The highest BCUT2D eigenvalue weighted by Gasteiger charge is 2.11. The lowest BCUT2D eigenvalue weighted by Gasteiger charge is -2.05. The number of benzene rings is 1. The second-order valence-corrected chi connectivity index (χ2v) is 4.30. The molecule has 0 atom stereocenters. The van der Waals surface area contributed by atoms with Crippen molar-refractivity contribution in [3.8, 4) is 11.3 Å². The minimum Gasteiger partial charge on any atom is -0.381 e. The summed E-state index contributed by atoms with van der Waals surface area (Å²) in [6.07, 6.45) is 0. The largest absolute Gasteiger partial charge is 0.381 e. The molecule has 0 aliphatic rings. The minimum absolute atomic E-state index is 0.461. The van der Waals surface area contributed by atoms with E-state index in [-0.39, 0.29) is 0 Å². The van der Waals surface area contributed by atoms with Crippen LogP contribution in [0.3, 0.4) is 0 Å². The summed E-state index contributed by atoms with van der Waals surface area (Å²) in [4.78, 5) is 0. The van der Waals surface area contributed by atoms with E-state index in [1.165, 1.54) is 5.56 Å². The quantitative estimate of drug-likeness (QED) is 0.837. The molecule has 1 aromatic heterocycles. The fourth-order valence-corrected chi connectivity index (χ4v) is 1.64. The third-order valence-corrected chi connectivity index (χ3v) is 2.80. The van der Waals surface area contributed by atoms with Crippen LogP contribution >= 0.6 is 0 Å². The zero-order valence-corrected chi connectivity index (χ0v) is 9.82. The van der Waals surface area contributed by atoms with Crippen molar-refractivity contribution in [1.82, 2.24) is 5.16 Å². The molecule has 84 valence electrons. The van der Waals surface area contributed by atoms with Gasteiger partial charge in [-0.1, -0.05) is 43.3 Å². The average molecular weight is 216 g/mol. The highest BCUT2D eigenvalue weighted by atomic mass is 16.5. The van der Waals surface area contributed by atoms with Crippen molar-refractivity contribution in [3.63, 3.8) is 0 Å². The summed E-state index contributed by atoms with van der Waals surface area (Å²) in [5, 5.41) is 3.75. The Kier molecular flexibility index (Phi) is 2.69. The molecule has 0 amide bonds. The van der Waals surface area contributed by atoms with Crippen LogP contribution in [0.1, 0.15) is 30.9 Å². The van der Waals surface area contributed by atoms with Gasteiger partial charge in [0, 0.05) is 11.1 Å². The number of aromatic nitrogens is 1. The first-order chi connectivity index (χ1) is 7.59. The van der Waals surface area contributed by atoms with Crippen molar-refractivity contribution in [1.29, 1.82) is 0 Å². The number of hydrogen-bond donors (Lipinski definition) is 1. The van der Waals surface area contributed by atoms with Gasteiger partial charge in [-0.25, -0.2) is 0 Å². The van der Waals surface area contributed by atoms with Gasteiger partial charge in [0.05, 0.1) is 0 Å². The van der Waals surface area contributed by atoms with Crippen molar-refractivity contribution < 1.29 is 4.52 Å². The first-order valence-electron chi connectivity index (χ1n) is 5.41. The van der Waals surface area contributed by atoms with Gasteiger partial charge in [0.15, 0.2) is 11.6 Å². The van der Waals surface area contributed by atoms with Gasteiger partial charge in [0.25, 0.3) is 0 Å². The van der Waals surface area contributed by atoms with E-state index in [2.05, 4.69) is 31.1 Å². The smallest absolute Gasteiger partial charge is 0.171 e. The van der Waals surface area contributed by atoms with Gasteiger partial charge in [0.2, 0.25) is 0 Å². The van der Waals surface area contributed by atoms with Crippen molar-refractivity contribution in [3.05, 3.63) is 35.4 Å². The van der Waals surface area contributed by atoms with Crippen LogP contribution < -0.4 is 5.73 Å². The molecule has 2 rings (SSSR count). The second-order valence-electron chi connectivity index (χ2n) is 4.30. The van der Waals surface area contributed by atoms with Crippen molar-refractivity contribution in [2.24, 2.45) is 0 Å². The fourth-order valence-electron chi connectivity index (χ4n) is 1.64. The molecule has 0 radical (unpaired) electrons. The molecule has 1 heterocycles. The highest BCUT2D eigenvalue weighted by molar-refractivity contribution is 5.65. The van der Waals surface area contributed by atoms with E-state index in [4.69, 9.17) is 10.3 Å². The van der Waals surface area contributed by atoms with Gasteiger partial charge < -0.3 is 10.3 Å². The Balaban J connectivity index is 2.38. The number of nitrogen functional groups attached to an aromatic ring is 1. The average Bonchev–Trinajstić information content (AvgIpc) is 2.60. The van der Waals surface area contributed by atoms with Crippen LogP contribution in [0.2, 0.25) is 0 Å². The zero-order chi connectivity index (χ0) is 11.7. The van der Waals surface area contributed by atoms with Crippen molar-refractivity contribution >= 4 is 5.82 Å². The van der Waals surface area contributed by atoms with E-state index in [9.17, 15) is 0 Å². The number of hydrogen-bond acceptors (Lipinski definition) is 3. The summed E-state index contributed by atoms with van der Waals surface area (Å²) in [6.45, 7) is 6.26. The summed E-state index contributed by atoms with van der Waals surface area (Å²) in [7, 11) is 0. The molecule has 0 saturated carbocycles. The number of anilines is 1. The predicted octanol–water partition coefficient (Wildman–Crippen LogP) is 3.36. The molecule has 0 bridgehead atoms. The highest BCUT2D eigenvalue weighted by Crippen LogP contribution is 2.27.